The molecule has 1 aliphatic carbocycles. The molecule has 0 unspecified atom stereocenters. The summed E-state index contributed by atoms with van der Waals surface area (Å²) < 4.78 is 0. The van der Waals surface area contributed by atoms with Gasteiger partial charge in [0.25, 0.3) is 0 Å². The van der Waals surface area contributed by atoms with E-state index >= 15 is 0 Å². The van der Waals surface area contributed by atoms with Crippen molar-refractivity contribution in [3.05, 3.63) is 17.1 Å². The van der Waals surface area contributed by atoms with Crippen molar-refractivity contribution in [1.82, 2.24) is 9.97 Å². The zero-order chi connectivity index (χ0) is 13.4. The molecular weight excluding hydrogens is 242 g/mol. The number of aliphatic carboxylic acids is 1. The lowest BCUT2D eigenvalue weighted by Gasteiger charge is -2.24. The van der Waals surface area contributed by atoms with Crippen molar-refractivity contribution in [3.63, 3.8) is 0 Å². The van der Waals surface area contributed by atoms with E-state index in [1.165, 1.54) is 24.1 Å². The van der Waals surface area contributed by atoms with E-state index in [0.29, 0.717) is 13.0 Å². The molecule has 2 aliphatic rings. The van der Waals surface area contributed by atoms with Gasteiger partial charge in [0.2, 0.25) is 0 Å². The summed E-state index contributed by atoms with van der Waals surface area (Å²) in [6.07, 6.45) is 5.15. The van der Waals surface area contributed by atoms with Crippen molar-refractivity contribution >= 4 is 11.8 Å². The fourth-order valence-corrected chi connectivity index (χ4v) is 3.11. The predicted molar refractivity (Wildman–Crippen MR) is 71.4 cm³/mol. The number of aryl methyl sites for hydroxylation is 2. The van der Waals surface area contributed by atoms with Crippen LogP contribution in [0.3, 0.4) is 0 Å². The molecule has 1 aromatic rings. The molecule has 1 aliphatic heterocycles. The van der Waals surface area contributed by atoms with Crippen LogP contribution in [0.1, 0.15) is 36.3 Å². The number of hydrogen-bond donors (Lipinski definition) is 1. The summed E-state index contributed by atoms with van der Waals surface area (Å²) in [5, 5.41) is 9.11. The van der Waals surface area contributed by atoms with Crippen LogP contribution in [0.5, 0.6) is 0 Å². The van der Waals surface area contributed by atoms with Crippen LogP contribution in [-0.2, 0) is 17.6 Å². The van der Waals surface area contributed by atoms with E-state index in [0.717, 1.165) is 31.0 Å². The van der Waals surface area contributed by atoms with Gasteiger partial charge in [-0.3, -0.25) is 4.79 Å². The molecular formula is C14H19N3O2. The third kappa shape index (κ3) is 2.29. The Morgan fingerprint density at radius 2 is 2.11 bits per heavy atom. The van der Waals surface area contributed by atoms with Crippen LogP contribution in [-0.4, -0.2) is 34.1 Å². The second-order valence-corrected chi connectivity index (χ2v) is 5.50. The molecule has 0 radical (unpaired) electrons. The van der Waals surface area contributed by atoms with Crippen LogP contribution in [0.4, 0.5) is 5.82 Å². The predicted octanol–water partition coefficient (Wildman–Crippen LogP) is 1.57. The Bertz CT molecular complexity index is 516. The first kappa shape index (κ1) is 12.4. The van der Waals surface area contributed by atoms with Gasteiger partial charge in [-0.2, -0.15) is 0 Å². The van der Waals surface area contributed by atoms with Crippen LogP contribution >= 0.6 is 0 Å². The summed E-state index contributed by atoms with van der Waals surface area (Å²) >= 11 is 0. The van der Waals surface area contributed by atoms with Gasteiger partial charge in [0.15, 0.2) is 0 Å². The molecule has 1 N–H and O–H groups in total. The molecule has 1 aromatic heterocycles. The highest BCUT2D eigenvalue weighted by Gasteiger charge is 2.31. The van der Waals surface area contributed by atoms with Crippen molar-refractivity contribution in [2.24, 2.45) is 5.92 Å². The Morgan fingerprint density at radius 1 is 1.32 bits per heavy atom. The van der Waals surface area contributed by atoms with Crippen molar-refractivity contribution in [3.8, 4) is 0 Å². The Labute approximate surface area is 112 Å². The summed E-state index contributed by atoms with van der Waals surface area (Å²) in [6.45, 7) is 3.29. The molecule has 1 atom stereocenters. The number of carboxylic acid groups (broad SMARTS) is 1. The minimum absolute atomic E-state index is 0.255. The number of anilines is 1. The van der Waals surface area contributed by atoms with Gasteiger partial charge in [0, 0.05) is 24.3 Å². The Kier molecular flexibility index (Phi) is 3.12. The molecule has 0 spiro atoms. The van der Waals surface area contributed by atoms with E-state index in [1.54, 1.807) is 0 Å². The number of carboxylic acids is 1. The summed E-state index contributed by atoms with van der Waals surface area (Å²) in [5.41, 5.74) is 2.43. The van der Waals surface area contributed by atoms with Gasteiger partial charge in [-0.1, -0.05) is 0 Å². The lowest BCUT2D eigenvalue weighted by molar-refractivity contribution is -0.140. The summed E-state index contributed by atoms with van der Waals surface area (Å²) in [4.78, 5) is 22.3. The van der Waals surface area contributed by atoms with E-state index in [4.69, 9.17) is 5.11 Å². The first-order valence-corrected chi connectivity index (χ1v) is 6.99. The lowest BCUT2D eigenvalue weighted by atomic mass is 9.96. The molecule has 1 fully saturated rings. The highest BCUT2D eigenvalue weighted by molar-refractivity contribution is 5.72. The van der Waals surface area contributed by atoms with Crippen LogP contribution in [0.2, 0.25) is 0 Å². The number of aromatic nitrogens is 2. The molecule has 3 rings (SSSR count). The minimum Gasteiger partial charge on any atom is -0.481 e. The fraction of sp³-hybridized carbons (Fsp3) is 0.643. The molecule has 0 bridgehead atoms. The van der Waals surface area contributed by atoms with E-state index in [9.17, 15) is 4.79 Å². The third-order valence-corrected chi connectivity index (χ3v) is 4.11. The monoisotopic (exact) mass is 261 g/mol. The number of hydrogen-bond acceptors (Lipinski definition) is 4. The Hall–Kier alpha value is -1.65. The zero-order valence-electron chi connectivity index (χ0n) is 11.2. The fourth-order valence-electron chi connectivity index (χ4n) is 3.11. The number of fused-ring (bicyclic) bond motifs is 1. The van der Waals surface area contributed by atoms with Gasteiger partial charge in [0.05, 0.1) is 5.92 Å². The summed E-state index contributed by atoms with van der Waals surface area (Å²) in [7, 11) is 0. The number of nitrogens with zero attached hydrogens (tertiary/aromatic N) is 3. The topological polar surface area (TPSA) is 66.3 Å². The lowest BCUT2D eigenvalue weighted by Crippen LogP contribution is -2.26. The Morgan fingerprint density at radius 3 is 2.84 bits per heavy atom. The maximum absolute atomic E-state index is 11.1. The molecule has 102 valence electrons. The van der Waals surface area contributed by atoms with Crippen LogP contribution in [0.25, 0.3) is 0 Å². The molecule has 19 heavy (non-hydrogen) atoms. The van der Waals surface area contributed by atoms with Crippen LogP contribution in [0, 0.1) is 12.8 Å². The van der Waals surface area contributed by atoms with Crippen molar-refractivity contribution in [2.75, 3.05) is 18.0 Å². The van der Waals surface area contributed by atoms with Crippen molar-refractivity contribution in [2.45, 2.75) is 39.0 Å². The van der Waals surface area contributed by atoms with Crippen molar-refractivity contribution < 1.29 is 9.90 Å². The second kappa shape index (κ2) is 4.79. The van der Waals surface area contributed by atoms with Gasteiger partial charge in [-0.15, -0.1) is 0 Å². The average Bonchev–Trinajstić information content (AvgIpc) is 2.87. The normalized spacial score (nSPS) is 22.4. The SMILES string of the molecule is Cc1nc2c(c(N3CC[C@@H](C(=O)O)C3)n1)CCCC2. The highest BCUT2D eigenvalue weighted by Crippen LogP contribution is 2.31. The molecule has 1 saturated heterocycles. The van der Waals surface area contributed by atoms with E-state index in [-0.39, 0.29) is 5.92 Å². The van der Waals surface area contributed by atoms with Crippen LogP contribution < -0.4 is 4.90 Å². The highest BCUT2D eigenvalue weighted by atomic mass is 16.4. The quantitative estimate of drug-likeness (QED) is 0.875. The van der Waals surface area contributed by atoms with Gasteiger partial charge < -0.3 is 10.0 Å². The maximum atomic E-state index is 11.1. The Balaban J connectivity index is 1.92. The van der Waals surface area contributed by atoms with E-state index in [2.05, 4.69) is 14.9 Å². The first-order valence-electron chi connectivity index (χ1n) is 6.99. The molecule has 5 heteroatoms. The first-order chi connectivity index (χ1) is 9.15. The molecule has 5 nitrogen and oxygen atoms in total. The molecule has 2 heterocycles. The average molecular weight is 261 g/mol. The summed E-state index contributed by atoms with van der Waals surface area (Å²) in [6, 6.07) is 0. The summed E-state index contributed by atoms with van der Waals surface area (Å²) in [5.74, 6) is 0.844. The van der Waals surface area contributed by atoms with Crippen molar-refractivity contribution in [1.29, 1.82) is 0 Å². The van der Waals surface area contributed by atoms with E-state index < -0.39 is 5.97 Å². The maximum Gasteiger partial charge on any atom is 0.308 e. The van der Waals surface area contributed by atoms with Gasteiger partial charge in [-0.05, 0) is 39.0 Å². The van der Waals surface area contributed by atoms with Gasteiger partial charge >= 0.3 is 5.97 Å². The van der Waals surface area contributed by atoms with Gasteiger partial charge in [-0.25, -0.2) is 9.97 Å². The van der Waals surface area contributed by atoms with Crippen LogP contribution in [0.15, 0.2) is 0 Å². The minimum atomic E-state index is -0.692. The van der Waals surface area contributed by atoms with Gasteiger partial charge in [0.1, 0.15) is 11.6 Å². The number of rotatable bonds is 2. The number of carbonyl (C=O) groups is 1. The molecule has 0 aromatic carbocycles. The standard InChI is InChI=1S/C14H19N3O2/c1-9-15-12-5-3-2-4-11(12)13(16-9)17-7-6-10(8-17)14(18)19/h10H,2-8H2,1H3,(H,18,19)/t10-/m1/s1. The second-order valence-electron chi connectivity index (χ2n) is 5.50. The zero-order valence-corrected chi connectivity index (χ0v) is 11.2. The van der Waals surface area contributed by atoms with E-state index in [1.807, 2.05) is 6.92 Å². The molecule has 0 saturated carbocycles. The smallest absolute Gasteiger partial charge is 0.308 e. The molecule has 0 amide bonds. The largest absolute Gasteiger partial charge is 0.481 e. The third-order valence-electron chi connectivity index (χ3n) is 4.11.